The van der Waals surface area contributed by atoms with E-state index in [2.05, 4.69) is 51.5 Å². The van der Waals surface area contributed by atoms with Gasteiger partial charge < -0.3 is 5.32 Å². The average molecular weight is 308 g/mol. The molecule has 0 aliphatic heterocycles. The third-order valence-electron chi connectivity index (χ3n) is 3.88. The first-order valence-electron chi connectivity index (χ1n) is 7.37. The highest BCUT2D eigenvalue weighted by atomic mass is 32.1. The second-order valence-corrected chi connectivity index (χ2v) is 6.79. The molecule has 0 radical (unpaired) electrons. The first-order valence-corrected chi connectivity index (χ1v) is 8.19. The van der Waals surface area contributed by atoms with E-state index in [-0.39, 0.29) is 0 Å². The molecule has 1 N–H and O–H groups in total. The van der Waals surface area contributed by atoms with Crippen LogP contribution in [0.4, 0.5) is 5.95 Å². The molecule has 1 aliphatic rings. The zero-order chi connectivity index (χ0) is 14.9. The lowest BCUT2D eigenvalue weighted by Gasteiger charge is -2.12. The molecular weight excluding hydrogens is 292 g/mol. The van der Waals surface area contributed by atoms with Crippen molar-refractivity contribution in [3.63, 3.8) is 0 Å². The Labute approximate surface area is 133 Å². The molecule has 0 unspecified atom stereocenters. The van der Waals surface area contributed by atoms with Gasteiger partial charge in [-0.2, -0.15) is 0 Å². The van der Waals surface area contributed by atoms with Crippen LogP contribution in [0.15, 0.2) is 42.7 Å². The van der Waals surface area contributed by atoms with E-state index in [9.17, 15) is 0 Å². The number of aromatic nitrogens is 3. The molecule has 1 aliphatic carbocycles. The van der Waals surface area contributed by atoms with E-state index in [0.29, 0.717) is 12.0 Å². The highest BCUT2D eigenvalue weighted by molar-refractivity contribution is 7.14. The Morgan fingerprint density at radius 2 is 1.86 bits per heavy atom. The summed E-state index contributed by atoms with van der Waals surface area (Å²) in [5.74, 6) is 0.683. The lowest BCUT2D eigenvalue weighted by Crippen LogP contribution is -2.21. The van der Waals surface area contributed by atoms with Crippen LogP contribution in [0.5, 0.6) is 0 Å². The predicted octanol–water partition coefficient (Wildman–Crippen LogP) is 3.49. The van der Waals surface area contributed by atoms with Gasteiger partial charge in [-0.05, 0) is 37.0 Å². The van der Waals surface area contributed by atoms with Crippen molar-refractivity contribution >= 4 is 17.3 Å². The topological polar surface area (TPSA) is 50.7 Å². The molecule has 4 nitrogen and oxygen atoms in total. The van der Waals surface area contributed by atoms with Crippen molar-refractivity contribution in [3.05, 3.63) is 58.7 Å². The summed E-state index contributed by atoms with van der Waals surface area (Å²) in [4.78, 5) is 14.5. The summed E-state index contributed by atoms with van der Waals surface area (Å²) in [7, 11) is 0. The summed E-state index contributed by atoms with van der Waals surface area (Å²) in [5, 5.41) is 4.40. The van der Waals surface area contributed by atoms with Crippen molar-refractivity contribution in [2.45, 2.75) is 25.8 Å². The van der Waals surface area contributed by atoms with Gasteiger partial charge in [-0.15, -0.1) is 11.3 Å². The molecule has 0 spiro atoms. The quantitative estimate of drug-likeness (QED) is 0.804. The Bertz CT molecular complexity index is 787. The number of thiazole rings is 1. The average Bonchev–Trinajstić information content (AvgIpc) is 3.13. The second-order valence-electron chi connectivity index (χ2n) is 5.56. The highest BCUT2D eigenvalue weighted by Gasteiger charge is 2.21. The lowest BCUT2D eigenvalue weighted by atomic mass is 10.1. The Morgan fingerprint density at radius 1 is 1.09 bits per heavy atom. The SMILES string of the molecule is Cc1cnc(-c2ccnc(NC3Cc4ccccc4C3)n2)s1. The van der Waals surface area contributed by atoms with Crippen molar-refractivity contribution in [3.8, 4) is 10.7 Å². The predicted molar refractivity (Wildman–Crippen MR) is 89.1 cm³/mol. The van der Waals surface area contributed by atoms with Crippen molar-refractivity contribution < 1.29 is 0 Å². The van der Waals surface area contributed by atoms with Crippen molar-refractivity contribution in [2.24, 2.45) is 0 Å². The van der Waals surface area contributed by atoms with E-state index in [1.807, 2.05) is 12.3 Å². The minimum absolute atomic E-state index is 0.366. The Balaban J connectivity index is 1.53. The molecule has 0 atom stereocenters. The largest absolute Gasteiger partial charge is 0.351 e. The zero-order valence-corrected chi connectivity index (χ0v) is 13.1. The van der Waals surface area contributed by atoms with Crippen LogP contribution in [-0.2, 0) is 12.8 Å². The summed E-state index contributed by atoms with van der Waals surface area (Å²) < 4.78 is 0. The van der Waals surface area contributed by atoms with Gasteiger partial charge in [-0.25, -0.2) is 15.0 Å². The fourth-order valence-electron chi connectivity index (χ4n) is 2.86. The molecule has 22 heavy (non-hydrogen) atoms. The van der Waals surface area contributed by atoms with Crippen LogP contribution in [0, 0.1) is 6.92 Å². The summed E-state index contributed by atoms with van der Waals surface area (Å²) in [6.07, 6.45) is 5.73. The van der Waals surface area contributed by atoms with Gasteiger partial charge in [0.05, 0.1) is 0 Å². The first kappa shape index (κ1) is 13.4. The van der Waals surface area contributed by atoms with E-state index in [4.69, 9.17) is 0 Å². The summed E-state index contributed by atoms with van der Waals surface area (Å²) in [6, 6.07) is 10.9. The molecular formula is C17H16N4S. The number of hydrogen-bond donors (Lipinski definition) is 1. The van der Waals surface area contributed by atoms with Crippen molar-refractivity contribution in [1.82, 2.24) is 15.0 Å². The molecule has 2 aromatic heterocycles. The number of hydrogen-bond acceptors (Lipinski definition) is 5. The number of nitrogens with zero attached hydrogens (tertiary/aromatic N) is 3. The molecule has 3 aromatic rings. The van der Waals surface area contributed by atoms with E-state index in [1.165, 1.54) is 16.0 Å². The van der Waals surface area contributed by atoms with E-state index in [0.717, 1.165) is 23.5 Å². The maximum Gasteiger partial charge on any atom is 0.223 e. The third kappa shape index (κ3) is 2.60. The van der Waals surface area contributed by atoms with Crippen LogP contribution in [-0.4, -0.2) is 21.0 Å². The molecule has 0 amide bonds. The van der Waals surface area contributed by atoms with Crippen LogP contribution in [0.25, 0.3) is 10.7 Å². The number of rotatable bonds is 3. The zero-order valence-electron chi connectivity index (χ0n) is 12.3. The van der Waals surface area contributed by atoms with Gasteiger partial charge in [0, 0.05) is 23.3 Å². The van der Waals surface area contributed by atoms with Crippen LogP contribution in [0.3, 0.4) is 0 Å². The second kappa shape index (κ2) is 5.50. The Morgan fingerprint density at radius 3 is 2.55 bits per heavy atom. The van der Waals surface area contributed by atoms with Crippen molar-refractivity contribution in [1.29, 1.82) is 0 Å². The summed E-state index contributed by atoms with van der Waals surface area (Å²) in [5.41, 5.74) is 3.73. The molecule has 4 rings (SSSR count). The van der Waals surface area contributed by atoms with E-state index in [1.54, 1.807) is 17.5 Å². The molecule has 0 bridgehead atoms. The molecule has 0 saturated heterocycles. The maximum atomic E-state index is 4.61. The van der Waals surface area contributed by atoms with Crippen LogP contribution < -0.4 is 5.32 Å². The standard InChI is InChI=1S/C17H16N4S/c1-11-10-19-16(22-11)15-6-7-18-17(21-15)20-14-8-12-4-2-3-5-13(12)9-14/h2-7,10,14H,8-9H2,1H3,(H,18,20,21). The normalized spacial score (nSPS) is 14.0. The molecule has 110 valence electrons. The number of fused-ring (bicyclic) bond motifs is 1. The monoisotopic (exact) mass is 308 g/mol. The molecule has 5 heteroatoms. The number of aryl methyl sites for hydroxylation is 1. The summed E-state index contributed by atoms with van der Waals surface area (Å²) in [6.45, 7) is 2.05. The lowest BCUT2D eigenvalue weighted by molar-refractivity contribution is 0.762. The van der Waals surface area contributed by atoms with Crippen LogP contribution >= 0.6 is 11.3 Å². The molecule has 0 fully saturated rings. The van der Waals surface area contributed by atoms with Gasteiger partial charge in [0.15, 0.2) is 0 Å². The van der Waals surface area contributed by atoms with E-state index < -0.39 is 0 Å². The fraction of sp³-hybridized carbons (Fsp3) is 0.235. The van der Waals surface area contributed by atoms with Crippen LogP contribution in [0.2, 0.25) is 0 Å². The van der Waals surface area contributed by atoms with E-state index >= 15 is 0 Å². The fourth-order valence-corrected chi connectivity index (χ4v) is 3.60. The Kier molecular flexibility index (Phi) is 3.35. The maximum absolute atomic E-state index is 4.61. The highest BCUT2D eigenvalue weighted by Crippen LogP contribution is 2.25. The molecule has 2 heterocycles. The molecule has 0 saturated carbocycles. The van der Waals surface area contributed by atoms with Gasteiger partial charge in [-0.1, -0.05) is 24.3 Å². The van der Waals surface area contributed by atoms with Crippen LogP contribution in [0.1, 0.15) is 16.0 Å². The Hall–Kier alpha value is -2.27. The number of benzene rings is 1. The minimum atomic E-state index is 0.366. The van der Waals surface area contributed by atoms with Gasteiger partial charge >= 0.3 is 0 Å². The van der Waals surface area contributed by atoms with Gasteiger partial charge in [0.25, 0.3) is 0 Å². The van der Waals surface area contributed by atoms with Gasteiger partial charge in [0.1, 0.15) is 10.7 Å². The first-order chi connectivity index (χ1) is 10.8. The van der Waals surface area contributed by atoms with Gasteiger partial charge in [0.2, 0.25) is 5.95 Å². The third-order valence-corrected chi connectivity index (χ3v) is 4.82. The minimum Gasteiger partial charge on any atom is -0.351 e. The smallest absolute Gasteiger partial charge is 0.223 e. The molecule has 1 aromatic carbocycles. The number of anilines is 1. The van der Waals surface area contributed by atoms with Gasteiger partial charge in [-0.3, -0.25) is 0 Å². The van der Waals surface area contributed by atoms with Crippen molar-refractivity contribution in [2.75, 3.05) is 5.32 Å². The number of nitrogens with one attached hydrogen (secondary N) is 1. The summed E-state index contributed by atoms with van der Waals surface area (Å²) >= 11 is 1.65.